The van der Waals surface area contributed by atoms with Crippen LogP contribution in [0.4, 0.5) is 0 Å². The largest absolute Gasteiger partial charge is 0.340 e. The molecule has 1 saturated heterocycles. The van der Waals surface area contributed by atoms with Gasteiger partial charge in [-0.05, 0) is 44.3 Å². The second-order valence-electron chi connectivity index (χ2n) is 7.26. The first-order valence-electron chi connectivity index (χ1n) is 9.16. The maximum Gasteiger partial charge on any atom is 0.275 e. The van der Waals surface area contributed by atoms with E-state index in [1.165, 1.54) is 5.56 Å². The normalized spacial score (nSPS) is 16.0. The molecule has 1 aliphatic rings. The van der Waals surface area contributed by atoms with Gasteiger partial charge < -0.3 is 4.90 Å². The lowest BCUT2D eigenvalue weighted by Gasteiger charge is -2.33. The van der Waals surface area contributed by atoms with Crippen molar-refractivity contribution in [3.05, 3.63) is 52.3 Å². The Balaban J connectivity index is 1.50. The molecule has 2 aromatic rings. The maximum atomic E-state index is 12.7. The summed E-state index contributed by atoms with van der Waals surface area (Å²) in [4.78, 5) is 16.9. The van der Waals surface area contributed by atoms with Crippen LogP contribution in [0.2, 0.25) is 5.02 Å². The van der Waals surface area contributed by atoms with Gasteiger partial charge in [-0.25, -0.2) is 0 Å². The lowest BCUT2D eigenvalue weighted by atomic mass is 9.96. The number of piperidine rings is 1. The molecule has 6 heteroatoms. The molecule has 0 bridgehead atoms. The first-order valence-corrected chi connectivity index (χ1v) is 9.54. The van der Waals surface area contributed by atoms with E-state index in [1.807, 2.05) is 14.0 Å². The topological polar surface area (TPSA) is 41.4 Å². The minimum atomic E-state index is -0.0922. The molecule has 5 nitrogen and oxygen atoms in total. The third-order valence-corrected chi connectivity index (χ3v) is 5.75. The fraction of sp³-hybridized carbons (Fsp3) is 0.500. The van der Waals surface area contributed by atoms with Gasteiger partial charge in [-0.2, -0.15) is 5.10 Å². The zero-order chi connectivity index (χ0) is 18.7. The fourth-order valence-electron chi connectivity index (χ4n) is 3.54. The highest BCUT2D eigenvalue weighted by atomic mass is 35.5. The molecular weight excluding hydrogens is 348 g/mol. The van der Waals surface area contributed by atoms with Crippen molar-refractivity contribution in [1.82, 2.24) is 19.6 Å². The summed E-state index contributed by atoms with van der Waals surface area (Å²) in [6.07, 6.45) is 2.22. The predicted molar refractivity (Wildman–Crippen MR) is 104 cm³/mol. The summed E-state index contributed by atoms with van der Waals surface area (Å²) in [6, 6.07) is 10.6. The summed E-state index contributed by atoms with van der Waals surface area (Å²) in [6.45, 7) is 5.78. The van der Waals surface area contributed by atoms with Gasteiger partial charge >= 0.3 is 0 Å². The monoisotopic (exact) mass is 374 g/mol. The number of nitrogens with zero attached hydrogens (tertiary/aromatic N) is 4. The van der Waals surface area contributed by atoms with Crippen molar-refractivity contribution < 1.29 is 4.79 Å². The number of rotatable bonds is 5. The van der Waals surface area contributed by atoms with E-state index in [9.17, 15) is 4.79 Å². The van der Waals surface area contributed by atoms with E-state index in [2.05, 4.69) is 40.3 Å². The summed E-state index contributed by atoms with van der Waals surface area (Å²) >= 11 is 6.25. The Kier molecular flexibility index (Phi) is 5.99. The Morgan fingerprint density at radius 1 is 1.27 bits per heavy atom. The molecule has 1 aliphatic heterocycles. The minimum absolute atomic E-state index is 0.0922. The van der Waals surface area contributed by atoms with Crippen LogP contribution in [0.5, 0.6) is 0 Å². The number of likely N-dealkylation sites (tertiary alicyclic amines) is 1. The first kappa shape index (κ1) is 18.9. The Bertz CT molecular complexity index is 751. The summed E-state index contributed by atoms with van der Waals surface area (Å²) in [7, 11) is 3.65. The number of amides is 1. The SMILES string of the molecule is Cc1c(Cl)c(C(=O)N(C)CC2CCN(Cc3ccccc3)CC2)nn1C. The van der Waals surface area contributed by atoms with Crippen LogP contribution < -0.4 is 0 Å². The number of aryl methyl sites for hydroxylation is 1. The predicted octanol–water partition coefficient (Wildman–Crippen LogP) is 3.37. The molecule has 0 aliphatic carbocycles. The molecule has 0 N–H and O–H groups in total. The second-order valence-corrected chi connectivity index (χ2v) is 7.64. The van der Waals surface area contributed by atoms with Crippen molar-refractivity contribution in [3.63, 3.8) is 0 Å². The van der Waals surface area contributed by atoms with E-state index >= 15 is 0 Å². The molecule has 2 heterocycles. The van der Waals surface area contributed by atoms with Gasteiger partial charge in [0, 0.05) is 27.2 Å². The van der Waals surface area contributed by atoms with Crippen molar-refractivity contribution in [3.8, 4) is 0 Å². The highest BCUT2D eigenvalue weighted by molar-refractivity contribution is 6.34. The van der Waals surface area contributed by atoms with E-state index < -0.39 is 0 Å². The highest BCUT2D eigenvalue weighted by Crippen LogP contribution is 2.23. The Morgan fingerprint density at radius 2 is 1.92 bits per heavy atom. The van der Waals surface area contributed by atoms with Gasteiger partial charge in [-0.3, -0.25) is 14.4 Å². The molecule has 140 valence electrons. The van der Waals surface area contributed by atoms with Crippen molar-refractivity contribution in [2.75, 3.05) is 26.7 Å². The smallest absolute Gasteiger partial charge is 0.275 e. The zero-order valence-corrected chi connectivity index (χ0v) is 16.5. The molecule has 1 aromatic carbocycles. The van der Waals surface area contributed by atoms with Gasteiger partial charge in [0.05, 0.1) is 10.7 Å². The van der Waals surface area contributed by atoms with Crippen LogP contribution in [0.3, 0.4) is 0 Å². The van der Waals surface area contributed by atoms with Crippen LogP contribution in [-0.2, 0) is 13.6 Å². The number of aromatic nitrogens is 2. The number of carbonyl (C=O) groups is 1. The molecule has 1 fully saturated rings. The standard InChI is InChI=1S/C20H27ClN4O/c1-15-18(21)19(22-24(15)3)20(26)23(2)13-17-9-11-25(12-10-17)14-16-7-5-4-6-8-16/h4-8,17H,9-14H2,1-3H3. The lowest BCUT2D eigenvalue weighted by Crippen LogP contribution is -2.39. The summed E-state index contributed by atoms with van der Waals surface area (Å²) < 4.78 is 1.66. The van der Waals surface area contributed by atoms with Crippen LogP contribution in [0, 0.1) is 12.8 Å². The number of carbonyl (C=O) groups excluding carboxylic acids is 1. The van der Waals surface area contributed by atoms with Crippen molar-refractivity contribution in [2.45, 2.75) is 26.3 Å². The minimum Gasteiger partial charge on any atom is -0.340 e. The third-order valence-electron chi connectivity index (χ3n) is 5.30. The van der Waals surface area contributed by atoms with Gasteiger partial charge in [0.2, 0.25) is 0 Å². The molecule has 0 radical (unpaired) electrons. The molecular formula is C20H27ClN4O. The Hall–Kier alpha value is -1.85. The lowest BCUT2D eigenvalue weighted by molar-refractivity contribution is 0.0731. The van der Waals surface area contributed by atoms with Crippen LogP contribution in [0.1, 0.15) is 34.6 Å². The van der Waals surface area contributed by atoms with Gasteiger partial charge in [0.1, 0.15) is 0 Å². The van der Waals surface area contributed by atoms with E-state index in [0.717, 1.165) is 44.7 Å². The van der Waals surface area contributed by atoms with E-state index in [-0.39, 0.29) is 5.91 Å². The van der Waals surface area contributed by atoms with Crippen molar-refractivity contribution in [1.29, 1.82) is 0 Å². The van der Waals surface area contributed by atoms with Crippen LogP contribution >= 0.6 is 11.6 Å². The number of hydrogen-bond acceptors (Lipinski definition) is 3. The summed E-state index contributed by atoms with van der Waals surface area (Å²) in [5.41, 5.74) is 2.53. The van der Waals surface area contributed by atoms with Crippen molar-refractivity contribution in [2.24, 2.45) is 13.0 Å². The van der Waals surface area contributed by atoms with E-state index in [1.54, 1.807) is 16.6 Å². The molecule has 3 rings (SSSR count). The van der Waals surface area contributed by atoms with Crippen LogP contribution in [0.25, 0.3) is 0 Å². The quantitative estimate of drug-likeness (QED) is 0.805. The van der Waals surface area contributed by atoms with Gasteiger partial charge in [-0.15, -0.1) is 0 Å². The number of halogens is 1. The fourth-order valence-corrected chi connectivity index (χ4v) is 3.78. The van der Waals surface area contributed by atoms with Gasteiger partial charge in [-0.1, -0.05) is 41.9 Å². The average Bonchev–Trinajstić information content (AvgIpc) is 2.91. The molecule has 1 amide bonds. The van der Waals surface area contributed by atoms with E-state index in [4.69, 9.17) is 11.6 Å². The van der Waals surface area contributed by atoms with E-state index in [0.29, 0.717) is 16.6 Å². The molecule has 0 spiro atoms. The summed E-state index contributed by atoms with van der Waals surface area (Å²) in [5.74, 6) is 0.435. The Labute approximate surface area is 160 Å². The summed E-state index contributed by atoms with van der Waals surface area (Å²) in [5, 5.41) is 4.73. The van der Waals surface area contributed by atoms with Crippen LogP contribution in [-0.4, -0.2) is 52.2 Å². The second kappa shape index (κ2) is 8.23. The average molecular weight is 375 g/mol. The third kappa shape index (κ3) is 4.27. The first-order chi connectivity index (χ1) is 12.5. The van der Waals surface area contributed by atoms with Gasteiger partial charge in [0.15, 0.2) is 5.69 Å². The zero-order valence-electron chi connectivity index (χ0n) is 15.8. The van der Waals surface area contributed by atoms with Crippen molar-refractivity contribution >= 4 is 17.5 Å². The maximum absolute atomic E-state index is 12.7. The molecule has 26 heavy (non-hydrogen) atoms. The molecule has 0 saturated carbocycles. The Morgan fingerprint density at radius 3 is 2.50 bits per heavy atom. The molecule has 0 atom stereocenters. The molecule has 0 unspecified atom stereocenters. The highest BCUT2D eigenvalue weighted by Gasteiger charge is 2.25. The molecule has 1 aromatic heterocycles. The number of hydrogen-bond donors (Lipinski definition) is 0. The van der Waals surface area contributed by atoms with Crippen LogP contribution in [0.15, 0.2) is 30.3 Å². The van der Waals surface area contributed by atoms with Gasteiger partial charge in [0.25, 0.3) is 5.91 Å². The number of benzene rings is 1.